The molecular weight excluding hydrogens is 502 g/mol. The van der Waals surface area contributed by atoms with Gasteiger partial charge in [0.15, 0.2) is 6.10 Å². The lowest BCUT2D eigenvalue weighted by atomic mass is 10.0. The zero-order valence-corrected chi connectivity index (χ0v) is 20.0. The highest BCUT2D eigenvalue weighted by Crippen LogP contribution is 2.29. The van der Waals surface area contributed by atoms with Gasteiger partial charge in [0.05, 0.1) is 19.0 Å². The molecule has 2 N–H and O–H groups in total. The molecule has 0 bridgehead atoms. The molecule has 0 aromatic heterocycles. The van der Waals surface area contributed by atoms with Crippen LogP contribution in [0.3, 0.4) is 0 Å². The fourth-order valence-corrected chi connectivity index (χ4v) is 3.18. The van der Waals surface area contributed by atoms with Crippen LogP contribution in [0.2, 0.25) is 0 Å². The molecule has 2 aromatic carbocycles. The number of rotatable bonds is 12. The summed E-state index contributed by atoms with van der Waals surface area (Å²) in [6.45, 7) is 0.0795. The molecule has 8 nitrogen and oxygen atoms in total. The number of aliphatic hydroxyl groups excluding tert-OH is 1. The number of ether oxygens (including phenoxy) is 4. The van der Waals surface area contributed by atoms with Crippen molar-refractivity contribution in [2.45, 2.75) is 18.6 Å². The van der Waals surface area contributed by atoms with Gasteiger partial charge in [0, 0.05) is 23.7 Å². The highest BCUT2D eigenvalue weighted by atomic mass is 79.9. The number of aliphatic hydroxyl groups is 1. The molecule has 2 aromatic rings. The number of esters is 1. The van der Waals surface area contributed by atoms with Gasteiger partial charge >= 0.3 is 12.1 Å². The predicted octanol–water partition coefficient (Wildman–Crippen LogP) is 3.99. The van der Waals surface area contributed by atoms with Gasteiger partial charge in [0.2, 0.25) is 0 Å². The lowest BCUT2D eigenvalue weighted by molar-refractivity contribution is -0.141. The second-order valence-electron chi connectivity index (χ2n) is 6.54. The number of methoxy groups -OCH3 is 1. The second kappa shape index (κ2) is 14.0. The molecule has 0 spiro atoms. The number of nitrogens with one attached hydrogen (secondary N) is 1. The van der Waals surface area contributed by atoms with Crippen LogP contribution in [-0.2, 0) is 19.0 Å². The molecule has 1 amide bonds. The molecular formula is C22H26BrNO7S. The molecule has 0 aliphatic carbocycles. The lowest BCUT2D eigenvalue weighted by Gasteiger charge is -2.27. The third kappa shape index (κ3) is 8.70. The number of halogens is 1. The van der Waals surface area contributed by atoms with Crippen LogP contribution in [-0.4, -0.2) is 56.0 Å². The molecule has 174 valence electrons. The molecule has 0 heterocycles. The van der Waals surface area contributed by atoms with Gasteiger partial charge in [0.25, 0.3) is 0 Å². The van der Waals surface area contributed by atoms with E-state index in [0.717, 1.165) is 4.47 Å². The quantitative estimate of drug-likeness (QED) is 0.283. The van der Waals surface area contributed by atoms with Gasteiger partial charge < -0.3 is 24.1 Å². The summed E-state index contributed by atoms with van der Waals surface area (Å²) in [6.07, 6.45) is -1.81. The maximum atomic E-state index is 12.6. The summed E-state index contributed by atoms with van der Waals surface area (Å²) in [7, 11) is 1.49. The summed E-state index contributed by atoms with van der Waals surface area (Å²) in [5.74, 6) is 0.0279. The fraction of sp³-hybridized carbons (Fsp3) is 0.364. The van der Waals surface area contributed by atoms with Crippen LogP contribution in [0, 0.1) is 0 Å². The minimum absolute atomic E-state index is 0.0303. The van der Waals surface area contributed by atoms with Crippen molar-refractivity contribution in [2.75, 3.05) is 38.0 Å². The van der Waals surface area contributed by atoms with Crippen LogP contribution in [0.4, 0.5) is 10.5 Å². The van der Waals surface area contributed by atoms with E-state index in [-0.39, 0.29) is 32.0 Å². The maximum Gasteiger partial charge on any atom is 0.412 e. The molecule has 0 unspecified atom stereocenters. The Bertz CT molecular complexity index is 866. The molecule has 10 heteroatoms. The number of hydrogen-bond acceptors (Lipinski definition) is 8. The summed E-state index contributed by atoms with van der Waals surface area (Å²) in [5, 5.41) is 11.7. The predicted molar refractivity (Wildman–Crippen MR) is 126 cm³/mol. The molecule has 2 rings (SSSR count). The van der Waals surface area contributed by atoms with Crippen LogP contribution in [0.5, 0.6) is 5.75 Å². The summed E-state index contributed by atoms with van der Waals surface area (Å²) in [4.78, 5) is 24.0. The Kier molecular flexibility index (Phi) is 11.4. The number of anilines is 1. The van der Waals surface area contributed by atoms with E-state index in [9.17, 15) is 9.59 Å². The van der Waals surface area contributed by atoms with Crippen molar-refractivity contribution in [2.24, 2.45) is 0 Å². The minimum Gasteiger partial charge on any atom is -0.491 e. The number of carbonyl (C=O) groups is 2. The summed E-state index contributed by atoms with van der Waals surface area (Å²) < 4.78 is 22.7. The molecule has 0 saturated carbocycles. The number of carbonyl (C=O) groups excluding carboxylic acids is 2. The third-order valence-corrected chi connectivity index (χ3v) is 5.09. The Balaban J connectivity index is 2.19. The van der Waals surface area contributed by atoms with Gasteiger partial charge in [-0.3, -0.25) is 10.1 Å². The summed E-state index contributed by atoms with van der Waals surface area (Å²) in [5.41, 5.74) is 1.19. The lowest BCUT2D eigenvalue weighted by Crippen LogP contribution is -2.29. The van der Waals surface area contributed by atoms with Gasteiger partial charge in [-0.15, -0.1) is 0 Å². The van der Waals surface area contributed by atoms with Gasteiger partial charge in [-0.25, -0.2) is 4.79 Å². The van der Waals surface area contributed by atoms with Crippen LogP contribution in [0.25, 0.3) is 0 Å². The first-order valence-corrected chi connectivity index (χ1v) is 11.3. The molecule has 0 saturated heterocycles. The van der Waals surface area contributed by atoms with Crippen molar-refractivity contribution in [3.63, 3.8) is 0 Å². The van der Waals surface area contributed by atoms with Gasteiger partial charge in [-0.1, -0.05) is 28.1 Å². The monoisotopic (exact) mass is 527 g/mol. The average Bonchev–Trinajstić information content (AvgIpc) is 2.80. The Labute approximate surface area is 200 Å². The Hall–Kier alpha value is -2.27. The molecule has 32 heavy (non-hydrogen) atoms. The van der Waals surface area contributed by atoms with E-state index in [1.807, 2.05) is 0 Å². The normalized spacial score (nSPS) is 12.5. The first kappa shape index (κ1) is 26.0. The Morgan fingerprint density at radius 1 is 1.16 bits per heavy atom. The van der Waals surface area contributed by atoms with E-state index in [4.69, 9.17) is 24.1 Å². The number of thiol groups is 1. The van der Waals surface area contributed by atoms with E-state index < -0.39 is 24.3 Å². The molecule has 0 aliphatic rings. The zero-order valence-electron chi connectivity index (χ0n) is 17.5. The van der Waals surface area contributed by atoms with E-state index in [1.54, 1.807) is 48.5 Å². The molecule has 0 fully saturated rings. The van der Waals surface area contributed by atoms with Crippen molar-refractivity contribution < 1.29 is 33.6 Å². The van der Waals surface area contributed by atoms with E-state index in [2.05, 4.69) is 33.9 Å². The maximum absolute atomic E-state index is 12.6. The van der Waals surface area contributed by atoms with Crippen molar-refractivity contribution >= 4 is 46.3 Å². The van der Waals surface area contributed by atoms with E-state index in [1.165, 1.54) is 7.11 Å². The van der Waals surface area contributed by atoms with Crippen LogP contribution < -0.4 is 10.1 Å². The van der Waals surface area contributed by atoms with Gasteiger partial charge in [0.1, 0.15) is 18.5 Å². The summed E-state index contributed by atoms with van der Waals surface area (Å²) in [6, 6.07) is 14.0. The minimum atomic E-state index is -0.817. The fourth-order valence-electron chi connectivity index (χ4n) is 2.83. The van der Waals surface area contributed by atoms with Gasteiger partial charge in [-0.2, -0.15) is 12.6 Å². The largest absolute Gasteiger partial charge is 0.491 e. The summed E-state index contributed by atoms with van der Waals surface area (Å²) >= 11 is 7.23. The molecule has 0 aliphatic heterocycles. The van der Waals surface area contributed by atoms with Crippen LogP contribution in [0.15, 0.2) is 53.0 Å². The van der Waals surface area contributed by atoms with E-state index >= 15 is 0 Å². The third-order valence-electron chi connectivity index (χ3n) is 4.31. The van der Waals surface area contributed by atoms with E-state index in [0.29, 0.717) is 17.0 Å². The zero-order chi connectivity index (χ0) is 23.3. The number of hydrogen-bond donors (Lipinski definition) is 3. The second-order valence-corrected chi connectivity index (χ2v) is 7.78. The standard InChI is InChI=1S/C22H26BrNO7S/c1-28-19(9-11-30-20(26)14-32)21(15-3-2-4-18(13-15)29-12-10-25)31-22(27)24-17-7-5-16(23)6-8-17/h2-8,13,19,21,25,32H,9-12,14H2,1H3,(H,24,27)/t19-,21-/m1/s1. The average molecular weight is 528 g/mol. The number of benzene rings is 2. The molecule has 2 atom stereocenters. The Morgan fingerprint density at radius 2 is 1.91 bits per heavy atom. The van der Waals surface area contributed by atoms with Crippen molar-refractivity contribution in [3.8, 4) is 5.75 Å². The first-order valence-electron chi connectivity index (χ1n) is 9.83. The smallest absolute Gasteiger partial charge is 0.412 e. The highest BCUT2D eigenvalue weighted by molar-refractivity contribution is 9.10. The SMILES string of the molecule is CO[C@H](CCOC(=O)CS)[C@H](OC(=O)Nc1ccc(Br)cc1)c1cccc(OCCO)c1. The Morgan fingerprint density at radius 3 is 2.56 bits per heavy atom. The van der Waals surface area contributed by atoms with Crippen molar-refractivity contribution in [1.82, 2.24) is 0 Å². The van der Waals surface area contributed by atoms with Gasteiger partial charge in [-0.05, 0) is 42.0 Å². The first-order chi connectivity index (χ1) is 15.5. The topological polar surface area (TPSA) is 103 Å². The van der Waals surface area contributed by atoms with Crippen molar-refractivity contribution in [3.05, 3.63) is 58.6 Å². The highest BCUT2D eigenvalue weighted by Gasteiger charge is 2.28. The van der Waals surface area contributed by atoms with Crippen LogP contribution in [0.1, 0.15) is 18.1 Å². The van der Waals surface area contributed by atoms with Crippen LogP contribution >= 0.6 is 28.6 Å². The number of amides is 1. The molecule has 0 radical (unpaired) electrons. The van der Waals surface area contributed by atoms with Crippen molar-refractivity contribution in [1.29, 1.82) is 0 Å².